The summed E-state index contributed by atoms with van der Waals surface area (Å²) in [5, 5.41) is 0. The van der Waals surface area contributed by atoms with Crippen molar-refractivity contribution in [1.82, 2.24) is 4.98 Å². The molecule has 62 valence electrons. The van der Waals surface area contributed by atoms with E-state index in [1.165, 1.54) is 0 Å². The highest BCUT2D eigenvalue weighted by atomic mass is 14.7. The summed E-state index contributed by atoms with van der Waals surface area (Å²) in [4.78, 5) is 4.17. The normalized spacial score (nSPS) is 12.1. The van der Waals surface area contributed by atoms with Crippen LogP contribution < -0.4 is 5.73 Å². The summed E-state index contributed by atoms with van der Waals surface area (Å²) in [6, 6.07) is 3.82. The Kier molecular flexibility index (Phi) is 2.84. The Morgan fingerprint density at radius 1 is 1.75 bits per heavy atom. The zero-order chi connectivity index (χ0) is 8.97. The van der Waals surface area contributed by atoms with Crippen LogP contribution in [0.4, 0.5) is 0 Å². The number of rotatable bonds is 2. The van der Waals surface area contributed by atoms with Gasteiger partial charge in [-0.1, -0.05) is 5.92 Å². The van der Waals surface area contributed by atoms with Crippen LogP contribution in [0.1, 0.15) is 18.2 Å². The smallest absolute Gasteiger partial charge is 0.0575 e. The van der Waals surface area contributed by atoms with Gasteiger partial charge < -0.3 is 5.73 Å². The zero-order valence-electron chi connectivity index (χ0n) is 7.12. The van der Waals surface area contributed by atoms with E-state index in [2.05, 4.69) is 10.9 Å². The van der Waals surface area contributed by atoms with Gasteiger partial charge in [-0.05, 0) is 19.1 Å². The van der Waals surface area contributed by atoms with Gasteiger partial charge in [-0.2, -0.15) is 0 Å². The second kappa shape index (κ2) is 3.89. The number of terminal acetylenes is 1. The standard InChI is InChI=1S/C10H12N2/c1-3-9-5-4-6-12-10(9)7-8(2)11/h1,4-6,8H,7,11H2,2H3. The molecule has 0 aliphatic carbocycles. The maximum Gasteiger partial charge on any atom is 0.0575 e. The van der Waals surface area contributed by atoms with E-state index >= 15 is 0 Å². The minimum Gasteiger partial charge on any atom is -0.328 e. The van der Waals surface area contributed by atoms with Crippen LogP contribution in [0.25, 0.3) is 0 Å². The molecule has 1 heterocycles. The minimum atomic E-state index is 0.104. The number of hydrogen-bond donors (Lipinski definition) is 1. The first-order valence-corrected chi connectivity index (χ1v) is 3.90. The lowest BCUT2D eigenvalue weighted by atomic mass is 10.1. The van der Waals surface area contributed by atoms with Crippen molar-refractivity contribution in [2.75, 3.05) is 0 Å². The maximum absolute atomic E-state index is 5.64. The third kappa shape index (κ3) is 2.08. The lowest BCUT2D eigenvalue weighted by molar-refractivity contribution is 0.721. The minimum absolute atomic E-state index is 0.104. The largest absolute Gasteiger partial charge is 0.328 e. The van der Waals surface area contributed by atoms with Gasteiger partial charge in [0.2, 0.25) is 0 Å². The van der Waals surface area contributed by atoms with E-state index < -0.39 is 0 Å². The monoisotopic (exact) mass is 160 g/mol. The maximum atomic E-state index is 5.64. The van der Waals surface area contributed by atoms with Gasteiger partial charge in [0.25, 0.3) is 0 Å². The molecule has 2 nitrogen and oxygen atoms in total. The van der Waals surface area contributed by atoms with Crippen LogP contribution in [0.3, 0.4) is 0 Å². The molecule has 0 aliphatic heterocycles. The van der Waals surface area contributed by atoms with Crippen molar-refractivity contribution in [1.29, 1.82) is 0 Å². The van der Waals surface area contributed by atoms with Crippen LogP contribution in [-0.2, 0) is 6.42 Å². The molecule has 2 N–H and O–H groups in total. The molecule has 0 spiro atoms. The van der Waals surface area contributed by atoms with Crippen molar-refractivity contribution in [2.24, 2.45) is 5.73 Å². The predicted octanol–water partition coefficient (Wildman–Crippen LogP) is 0.953. The number of nitrogens with zero attached hydrogens (tertiary/aromatic N) is 1. The fourth-order valence-electron chi connectivity index (χ4n) is 1.04. The van der Waals surface area contributed by atoms with Crippen molar-refractivity contribution in [3.63, 3.8) is 0 Å². The number of aromatic nitrogens is 1. The van der Waals surface area contributed by atoms with Crippen molar-refractivity contribution in [2.45, 2.75) is 19.4 Å². The first kappa shape index (κ1) is 8.76. The van der Waals surface area contributed by atoms with Crippen molar-refractivity contribution in [3.8, 4) is 12.3 Å². The van der Waals surface area contributed by atoms with Gasteiger partial charge in [-0.25, -0.2) is 0 Å². The molecule has 0 radical (unpaired) electrons. The second-order valence-corrected chi connectivity index (χ2v) is 2.82. The summed E-state index contributed by atoms with van der Waals surface area (Å²) >= 11 is 0. The molecule has 0 bridgehead atoms. The van der Waals surface area contributed by atoms with Crippen LogP contribution in [0.5, 0.6) is 0 Å². The van der Waals surface area contributed by atoms with E-state index in [4.69, 9.17) is 12.2 Å². The predicted molar refractivity (Wildman–Crippen MR) is 49.5 cm³/mol. The van der Waals surface area contributed by atoms with Crippen molar-refractivity contribution in [3.05, 3.63) is 29.6 Å². The lowest BCUT2D eigenvalue weighted by Crippen LogP contribution is -2.19. The van der Waals surface area contributed by atoms with Crippen LogP contribution in [0.2, 0.25) is 0 Å². The molecule has 0 aromatic carbocycles. The highest BCUT2D eigenvalue weighted by molar-refractivity contribution is 5.35. The lowest BCUT2D eigenvalue weighted by Gasteiger charge is -2.05. The molecule has 1 aromatic heterocycles. The van der Waals surface area contributed by atoms with Gasteiger partial charge in [0.05, 0.1) is 5.69 Å². The molecule has 1 atom stereocenters. The first-order valence-electron chi connectivity index (χ1n) is 3.90. The van der Waals surface area contributed by atoms with Crippen molar-refractivity contribution >= 4 is 0 Å². The summed E-state index contributed by atoms with van der Waals surface area (Å²) in [5.41, 5.74) is 7.39. The summed E-state index contributed by atoms with van der Waals surface area (Å²) in [6.07, 6.45) is 7.77. The molecule has 0 fully saturated rings. The number of hydrogen-bond acceptors (Lipinski definition) is 2. The summed E-state index contributed by atoms with van der Waals surface area (Å²) < 4.78 is 0. The average Bonchev–Trinajstić information content (AvgIpc) is 2.04. The molecule has 1 rings (SSSR count). The van der Waals surface area contributed by atoms with Crippen LogP contribution in [0, 0.1) is 12.3 Å². The van der Waals surface area contributed by atoms with Crippen LogP contribution in [0.15, 0.2) is 18.3 Å². The Balaban J connectivity index is 2.91. The summed E-state index contributed by atoms with van der Waals surface area (Å²) in [7, 11) is 0. The van der Waals surface area contributed by atoms with Gasteiger partial charge in [-0.3, -0.25) is 4.98 Å². The highest BCUT2D eigenvalue weighted by Gasteiger charge is 2.02. The topological polar surface area (TPSA) is 38.9 Å². The molecule has 2 heteroatoms. The van der Waals surface area contributed by atoms with E-state index in [0.29, 0.717) is 0 Å². The SMILES string of the molecule is C#Cc1cccnc1CC(C)N. The van der Waals surface area contributed by atoms with Crippen LogP contribution >= 0.6 is 0 Å². The molecule has 0 saturated carbocycles. The second-order valence-electron chi connectivity index (χ2n) is 2.82. The molecule has 0 aliphatic rings. The van der Waals surface area contributed by atoms with E-state index in [1.54, 1.807) is 6.20 Å². The van der Waals surface area contributed by atoms with Crippen molar-refractivity contribution < 1.29 is 0 Å². The molecule has 0 amide bonds. The van der Waals surface area contributed by atoms with Gasteiger partial charge in [0.1, 0.15) is 0 Å². The molecule has 1 aromatic rings. The van der Waals surface area contributed by atoms with Crippen LogP contribution in [-0.4, -0.2) is 11.0 Å². The fraction of sp³-hybridized carbons (Fsp3) is 0.300. The zero-order valence-corrected chi connectivity index (χ0v) is 7.12. The molecular weight excluding hydrogens is 148 g/mol. The highest BCUT2D eigenvalue weighted by Crippen LogP contribution is 2.05. The Morgan fingerprint density at radius 2 is 2.50 bits per heavy atom. The Morgan fingerprint density at radius 3 is 3.08 bits per heavy atom. The Labute approximate surface area is 72.8 Å². The summed E-state index contributed by atoms with van der Waals surface area (Å²) in [5.74, 6) is 2.58. The number of nitrogens with two attached hydrogens (primary N) is 1. The molecular formula is C10H12N2. The Bertz CT molecular complexity index is 297. The first-order chi connectivity index (χ1) is 5.74. The van der Waals surface area contributed by atoms with E-state index in [-0.39, 0.29) is 6.04 Å². The fourth-order valence-corrected chi connectivity index (χ4v) is 1.04. The van der Waals surface area contributed by atoms with Gasteiger partial charge in [0, 0.05) is 24.2 Å². The van der Waals surface area contributed by atoms with Gasteiger partial charge >= 0.3 is 0 Å². The van der Waals surface area contributed by atoms with Gasteiger partial charge in [0.15, 0.2) is 0 Å². The molecule has 0 saturated heterocycles. The van der Waals surface area contributed by atoms with E-state index in [9.17, 15) is 0 Å². The third-order valence-electron chi connectivity index (χ3n) is 1.56. The van der Waals surface area contributed by atoms with E-state index in [1.807, 2.05) is 19.1 Å². The molecule has 12 heavy (non-hydrogen) atoms. The third-order valence-corrected chi connectivity index (χ3v) is 1.56. The van der Waals surface area contributed by atoms with Gasteiger partial charge in [-0.15, -0.1) is 6.42 Å². The summed E-state index contributed by atoms with van der Waals surface area (Å²) in [6.45, 7) is 1.94. The molecule has 1 unspecified atom stereocenters. The quantitative estimate of drug-likeness (QED) is 0.654. The Hall–Kier alpha value is -1.33. The van der Waals surface area contributed by atoms with E-state index in [0.717, 1.165) is 17.7 Å². The number of pyridine rings is 1. The average molecular weight is 160 g/mol.